The van der Waals surface area contributed by atoms with Crippen molar-refractivity contribution >= 4 is 29.2 Å². The van der Waals surface area contributed by atoms with Gasteiger partial charge in [-0.05, 0) is 25.7 Å². The van der Waals surface area contributed by atoms with E-state index in [0.717, 1.165) is 5.82 Å². The Bertz CT molecular complexity index is 557. The first-order chi connectivity index (χ1) is 9.08. The summed E-state index contributed by atoms with van der Waals surface area (Å²) in [5, 5.41) is 4.47. The standard InChI is InChI=1S/C14H16ClN3S/c1-9-4-6-11(7-5-9)10(2)16-13-8-12(15)17-14(18-13)19-3/h4-8,10H,1-3H3,(H,16,17,18). The summed E-state index contributed by atoms with van der Waals surface area (Å²) in [6, 6.07) is 10.4. The van der Waals surface area contributed by atoms with E-state index in [0.29, 0.717) is 10.3 Å². The van der Waals surface area contributed by atoms with Crippen LogP contribution < -0.4 is 5.32 Å². The molecule has 5 heteroatoms. The second-order valence-corrected chi connectivity index (χ2v) is 5.50. The summed E-state index contributed by atoms with van der Waals surface area (Å²) in [4.78, 5) is 8.51. The maximum atomic E-state index is 5.97. The van der Waals surface area contributed by atoms with Crippen LogP contribution in [0.15, 0.2) is 35.5 Å². The van der Waals surface area contributed by atoms with Gasteiger partial charge in [-0.2, -0.15) is 0 Å². The average Bonchev–Trinajstić information content (AvgIpc) is 2.38. The van der Waals surface area contributed by atoms with E-state index in [-0.39, 0.29) is 6.04 Å². The number of nitrogens with one attached hydrogen (secondary N) is 1. The average molecular weight is 294 g/mol. The van der Waals surface area contributed by atoms with Gasteiger partial charge in [-0.3, -0.25) is 0 Å². The summed E-state index contributed by atoms with van der Waals surface area (Å²) in [5.74, 6) is 0.748. The van der Waals surface area contributed by atoms with Crippen molar-refractivity contribution in [1.29, 1.82) is 0 Å². The van der Waals surface area contributed by atoms with Crippen LogP contribution in [0.2, 0.25) is 5.15 Å². The Kier molecular flexibility index (Phi) is 4.66. The molecule has 3 nitrogen and oxygen atoms in total. The number of rotatable bonds is 4. The number of aryl methyl sites for hydroxylation is 1. The lowest BCUT2D eigenvalue weighted by molar-refractivity contribution is 0.855. The molecule has 100 valence electrons. The van der Waals surface area contributed by atoms with Crippen molar-refractivity contribution in [2.75, 3.05) is 11.6 Å². The third kappa shape index (κ3) is 3.85. The Balaban J connectivity index is 2.16. The monoisotopic (exact) mass is 293 g/mol. The number of hydrogen-bond donors (Lipinski definition) is 1. The van der Waals surface area contributed by atoms with Gasteiger partial charge >= 0.3 is 0 Å². The second kappa shape index (κ2) is 6.26. The highest BCUT2D eigenvalue weighted by Gasteiger charge is 2.08. The van der Waals surface area contributed by atoms with E-state index in [4.69, 9.17) is 11.6 Å². The zero-order valence-corrected chi connectivity index (χ0v) is 12.7. The molecule has 0 aliphatic rings. The molecule has 0 amide bonds. The van der Waals surface area contributed by atoms with Gasteiger partial charge in [0, 0.05) is 12.1 Å². The SMILES string of the molecule is CSc1nc(Cl)cc(NC(C)c2ccc(C)cc2)n1. The normalized spacial score (nSPS) is 12.2. The van der Waals surface area contributed by atoms with Gasteiger partial charge in [0.05, 0.1) is 0 Å². The zero-order valence-electron chi connectivity index (χ0n) is 11.1. The fraction of sp³-hybridized carbons (Fsp3) is 0.286. The Morgan fingerprint density at radius 1 is 1.21 bits per heavy atom. The van der Waals surface area contributed by atoms with Crippen molar-refractivity contribution in [1.82, 2.24) is 9.97 Å². The highest BCUT2D eigenvalue weighted by Crippen LogP contribution is 2.22. The van der Waals surface area contributed by atoms with Crippen LogP contribution in [0, 0.1) is 6.92 Å². The number of benzene rings is 1. The van der Waals surface area contributed by atoms with Gasteiger partial charge in [0.1, 0.15) is 11.0 Å². The second-order valence-electron chi connectivity index (χ2n) is 4.34. The molecule has 19 heavy (non-hydrogen) atoms. The molecular weight excluding hydrogens is 278 g/mol. The molecular formula is C14H16ClN3S. The zero-order chi connectivity index (χ0) is 13.8. The fourth-order valence-corrected chi connectivity index (χ4v) is 2.34. The van der Waals surface area contributed by atoms with Crippen molar-refractivity contribution in [2.45, 2.75) is 25.0 Å². The first kappa shape index (κ1) is 14.2. The molecule has 0 aliphatic carbocycles. The number of halogens is 1. The number of thioether (sulfide) groups is 1. The van der Waals surface area contributed by atoms with Crippen molar-refractivity contribution in [3.05, 3.63) is 46.6 Å². The topological polar surface area (TPSA) is 37.8 Å². The minimum absolute atomic E-state index is 0.168. The Morgan fingerprint density at radius 2 is 1.89 bits per heavy atom. The Labute approximate surface area is 122 Å². The fourth-order valence-electron chi connectivity index (χ4n) is 1.72. The minimum atomic E-state index is 0.168. The summed E-state index contributed by atoms with van der Waals surface area (Å²) >= 11 is 7.45. The number of hydrogen-bond acceptors (Lipinski definition) is 4. The van der Waals surface area contributed by atoms with Crippen LogP contribution in [0.1, 0.15) is 24.1 Å². The van der Waals surface area contributed by atoms with Crippen LogP contribution >= 0.6 is 23.4 Å². The lowest BCUT2D eigenvalue weighted by Crippen LogP contribution is -2.08. The molecule has 0 radical (unpaired) electrons. The molecule has 1 N–H and O–H groups in total. The summed E-state index contributed by atoms with van der Waals surface area (Å²) in [7, 11) is 0. The van der Waals surface area contributed by atoms with Gasteiger partial charge in [0.15, 0.2) is 5.16 Å². The predicted octanol–water partition coefficient (Wildman–Crippen LogP) is 4.33. The summed E-state index contributed by atoms with van der Waals surface area (Å²) in [6.07, 6.45) is 1.93. The Hall–Kier alpha value is -1.26. The van der Waals surface area contributed by atoms with Gasteiger partial charge in [-0.15, -0.1) is 0 Å². The molecule has 1 unspecified atom stereocenters. The van der Waals surface area contributed by atoms with E-state index in [1.807, 2.05) is 6.26 Å². The van der Waals surface area contributed by atoms with Gasteiger partial charge in [0.25, 0.3) is 0 Å². The molecule has 1 aromatic heterocycles. The van der Waals surface area contributed by atoms with E-state index in [2.05, 4.69) is 53.4 Å². The van der Waals surface area contributed by atoms with Crippen LogP contribution in [0.3, 0.4) is 0 Å². The summed E-state index contributed by atoms with van der Waals surface area (Å²) in [5.41, 5.74) is 2.47. The van der Waals surface area contributed by atoms with E-state index < -0.39 is 0 Å². The lowest BCUT2D eigenvalue weighted by Gasteiger charge is -2.15. The highest BCUT2D eigenvalue weighted by molar-refractivity contribution is 7.98. The van der Waals surface area contributed by atoms with Crippen molar-refractivity contribution in [2.24, 2.45) is 0 Å². The third-order valence-corrected chi connectivity index (χ3v) is 3.54. The van der Waals surface area contributed by atoms with Crippen LogP contribution in [0.25, 0.3) is 0 Å². The van der Waals surface area contributed by atoms with E-state index >= 15 is 0 Å². The van der Waals surface area contributed by atoms with E-state index in [1.165, 1.54) is 22.9 Å². The van der Waals surface area contributed by atoms with Crippen molar-refractivity contribution in [3.8, 4) is 0 Å². The summed E-state index contributed by atoms with van der Waals surface area (Å²) < 4.78 is 0. The smallest absolute Gasteiger partial charge is 0.190 e. The number of nitrogens with zero attached hydrogens (tertiary/aromatic N) is 2. The van der Waals surface area contributed by atoms with Crippen LogP contribution in [-0.2, 0) is 0 Å². The molecule has 0 aliphatic heterocycles. The van der Waals surface area contributed by atoms with Crippen molar-refractivity contribution in [3.63, 3.8) is 0 Å². The maximum absolute atomic E-state index is 5.97. The van der Waals surface area contributed by atoms with Crippen LogP contribution in [0.5, 0.6) is 0 Å². The summed E-state index contributed by atoms with van der Waals surface area (Å²) in [6.45, 7) is 4.18. The van der Waals surface area contributed by atoms with E-state index in [9.17, 15) is 0 Å². The molecule has 2 aromatic rings. The van der Waals surface area contributed by atoms with Crippen LogP contribution in [-0.4, -0.2) is 16.2 Å². The first-order valence-corrected chi connectivity index (χ1v) is 7.60. The van der Waals surface area contributed by atoms with E-state index in [1.54, 1.807) is 6.07 Å². The maximum Gasteiger partial charge on any atom is 0.190 e. The third-order valence-electron chi connectivity index (χ3n) is 2.80. The van der Waals surface area contributed by atoms with Gasteiger partial charge < -0.3 is 5.32 Å². The minimum Gasteiger partial charge on any atom is -0.363 e. The predicted molar refractivity (Wildman–Crippen MR) is 82.0 cm³/mol. The highest BCUT2D eigenvalue weighted by atomic mass is 35.5. The molecule has 1 heterocycles. The lowest BCUT2D eigenvalue weighted by atomic mass is 10.1. The molecule has 1 aromatic carbocycles. The molecule has 0 saturated carbocycles. The number of aromatic nitrogens is 2. The quantitative estimate of drug-likeness (QED) is 0.517. The Morgan fingerprint density at radius 3 is 2.53 bits per heavy atom. The van der Waals surface area contributed by atoms with Gasteiger partial charge in [-0.1, -0.05) is 53.2 Å². The molecule has 0 bridgehead atoms. The first-order valence-electron chi connectivity index (χ1n) is 6.00. The molecule has 0 spiro atoms. The van der Waals surface area contributed by atoms with Crippen molar-refractivity contribution < 1.29 is 0 Å². The molecule has 0 saturated heterocycles. The molecule has 2 rings (SSSR count). The van der Waals surface area contributed by atoms with Gasteiger partial charge in [-0.25, -0.2) is 9.97 Å². The largest absolute Gasteiger partial charge is 0.363 e. The van der Waals surface area contributed by atoms with Gasteiger partial charge in [0.2, 0.25) is 0 Å². The van der Waals surface area contributed by atoms with Crippen LogP contribution in [0.4, 0.5) is 5.82 Å². The molecule has 0 fully saturated rings. The molecule has 1 atom stereocenters. The number of anilines is 1.